The number of esters is 1. The Hall–Kier alpha value is -1.53. The van der Waals surface area contributed by atoms with Crippen LogP contribution in [0, 0.1) is 34.5 Å². The molecule has 1 unspecified atom stereocenters. The number of rotatable bonds is 3. The van der Waals surface area contributed by atoms with Gasteiger partial charge < -0.3 is 9.84 Å². The van der Waals surface area contributed by atoms with Crippen LogP contribution in [0.2, 0.25) is 0 Å². The first-order valence-electron chi connectivity index (χ1n) is 11.0. The van der Waals surface area contributed by atoms with Crippen LogP contribution in [0.5, 0.6) is 0 Å². The highest BCUT2D eigenvalue weighted by atomic mass is 35.5. The molecule has 4 aliphatic rings. The first-order chi connectivity index (χ1) is 14.4. The Morgan fingerprint density at radius 3 is 2.61 bits per heavy atom. The second-order valence-corrected chi connectivity index (χ2v) is 10.9. The van der Waals surface area contributed by atoms with Crippen LogP contribution in [0.15, 0.2) is 23.8 Å². The molecule has 4 aliphatic carbocycles. The molecule has 0 bridgehead atoms. The van der Waals surface area contributed by atoms with Crippen LogP contribution in [0.1, 0.15) is 47.0 Å². The topological polar surface area (TPSA) is 80.7 Å². The smallest absolute Gasteiger partial charge is 0.303 e. The molecule has 3 fully saturated rings. The zero-order valence-electron chi connectivity index (χ0n) is 18.4. The quantitative estimate of drug-likeness (QED) is 0.523. The van der Waals surface area contributed by atoms with E-state index in [0.29, 0.717) is 18.4 Å². The monoisotopic (exact) mass is 452 g/mol. The maximum absolute atomic E-state index is 17.1. The minimum Gasteiger partial charge on any atom is -0.458 e. The molecule has 31 heavy (non-hydrogen) atoms. The number of halogens is 2. The normalized spacial score (nSPS) is 48.4. The van der Waals surface area contributed by atoms with Gasteiger partial charge in [-0.15, -0.1) is 11.6 Å². The van der Waals surface area contributed by atoms with E-state index < -0.39 is 45.8 Å². The highest BCUT2D eigenvalue weighted by Gasteiger charge is 2.72. The molecule has 0 aromatic carbocycles. The number of alkyl halides is 2. The maximum atomic E-state index is 17.1. The third-order valence-electron chi connectivity index (χ3n) is 8.73. The second kappa shape index (κ2) is 7.24. The van der Waals surface area contributed by atoms with Crippen molar-refractivity contribution in [1.29, 1.82) is 0 Å². The van der Waals surface area contributed by atoms with Crippen LogP contribution >= 0.6 is 11.6 Å². The van der Waals surface area contributed by atoms with Gasteiger partial charge in [-0.2, -0.15) is 0 Å². The molecule has 0 spiro atoms. The predicted octanol–water partition coefficient (Wildman–Crippen LogP) is 3.57. The number of aliphatic hydroxyl groups excluding tert-OH is 1. The maximum Gasteiger partial charge on any atom is 0.303 e. The first-order valence-corrected chi connectivity index (χ1v) is 11.4. The van der Waals surface area contributed by atoms with Crippen molar-refractivity contribution >= 4 is 29.1 Å². The van der Waals surface area contributed by atoms with Gasteiger partial charge in [-0.1, -0.05) is 19.9 Å². The molecule has 7 heteroatoms. The molecule has 0 amide bonds. The summed E-state index contributed by atoms with van der Waals surface area (Å²) in [6, 6.07) is 0. The van der Waals surface area contributed by atoms with Gasteiger partial charge in [0.05, 0.1) is 11.5 Å². The van der Waals surface area contributed by atoms with E-state index in [-0.39, 0.29) is 36.4 Å². The van der Waals surface area contributed by atoms with Gasteiger partial charge in [0.15, 0.2) is 17.2 Å². The minimum absolute atomic E-state index is 0.0328. The van der Waals surface area contributed by atoms with Gasteiger partial charge in [-0.05, 0) is 61.2 Å². The standard InChI is InChI=1S/C24H30ClFO5/c1-12-7-15-16-9-18(25)17-8-14(28)5-6-23(17,4)24(16,26)20(30)10-22(15,3)21(12)19(29)11-31-13(2)27/h5-6,8,12,15-16,18,20-21,30H,7,9-11H2,1-4H3/t12-,15+,16+,18+,20+,21-,22+,23+,24?/m1/s1. The van der Waals surface area contributed by atoms with E-state index >= 15 is 4.39 Å². The number of ether oxygens (including phenoxy) is 1. The van der Waals surface area contributed by atoms with Crippen molar-refractivity contribution in [2.75, 3.05) is 6.61 Å². The Labute approximate surface area is 187 Å². The number of hydrogen-bond acceptors (Lipinski definition) is 5. The fourth-order valence-electron chi connectivity index (χ4n) is 7.52. The molecule has 0 radical (unpaired) electrons. The Morgan fingerprint density at radius 2 is 1.97 bits per heavy atom. The van der Waals surface area contributed by atoms with Crippen LogP contribution in [0.3, 0.4) is 0 Å². The first kappa shape index (κ1) is 22.7. The van der Waals surface area contributed by atoms with Crippen LogP contribution in [0.25, 0.3) is 0 Å². The van der Waals surface area contributed by atoms with Gasteiger partial charge in [-0.25, -0.2) is 4.39 Å². The van der Waals surface area contributed by atoms with Crippen molar-refractivity contribution in [1.82, 2.24) is 0 Å². The van der Waals surface area contributed by atoms with E-state index in [2.05, 4.69) is 0 Å². The predicted molar refractivity (Wildman–Crippen MR) is 113 cm³/mol. The Balaban J connectivity index is 1.74. The van der Waals surface area contributed by atoms with Crippen LogP contribution in [-0.4, -0.2) is 46.4 Å². The number of hydrogen-bond donors (Lipinski definition) is 1. The summed E-state index contributed by atoms with van der Waals surface area (Å²) in [5.41, 5.74) is -3.27. The highest BCUT2D eigenvalue weighted by molar-refractivity contribution is 6.23. The zero-order valence-corrected chi connectivity index (χ0v) is 19.1. The zero-order chi connectivity index (χ0) is 22.9. The molecular formula is C24H30ClFO5. The lowest BCUT2D eigenvalue weighted by molar-refractivity contribution is -0.195. The minimum atomic E-state index is -1.99. The fourth-order valence-corrected chi connectivity index (χ4v) is 8.00. The molecule has 9 atom stereocenters. The third kappa shape index (κ3) is 3.01. The van der Waals surface area contributed by atoms with Crippen LogP contribution in [0.4, 0.5) is 4.39 Å². The van der Waals surface area contributed by atoms with Crippen molar-refractivity contribution in [2.24, 2.45) is 34.5 Å². The number of aliphatic hydroxyl groups is 1. The fraction of sp³-hybridized carbons (Fsp3) is 0.708. The number of Topliss-reactive ketones (excluding diaryl/α,β-unsaturated/α-hetero) is 1. The third-order valence-corrected chi connectivity index (χ3v) is 9.15. The molecule has 3 saturated carbocycles. The van der Waals surface area contributed by atoms with Crippen molar-refractivity contribution in [3.63, 3.8) is 0 Å². The summed E-state index contributed by atoms with van der Waals surface area (Å²) < 4.78 is 22.0. The largest absolute Gasteiger partial charge is 0.458 e. The molecule has 0 aromatic heterocycles. The number of allylic oxidation sites excluding steroid dienone is 4. The summed E-state index contributed by atoms with van der Waals surface area (Å²) in [6.07, 6.45) is 4.09. The average Bonchev–Trinajstić information content (AvgIpc) is 2.94. The lowest BCUT2D eigenvalue weighted by Gasteiger charge is -2.62. The second-order valence-electron chi connectivity index (χ2n) is 10.4. The van der Waals surface area contributed by atoms with E-state index in [9.17, 15) is 19.5 Å². The molecule has 0 heterocycles. The van der Waals surface area contributed by atoms with E-state index in [1.165, 1.54) is 19.1 Å². The van der Waals surface area contributed by atoms with Gasteiger partial charge in [0.1, 0.15) is 6.61 Å². The molecule has 0 aliphatic heterocycles. The Bertz CT molecular complexity index is 898. The summed E-state index contributed by atoms with van der Waals surface area (Å²) in [5.74, 6) is -2.10. The lowest BCUT2D eigenvalue weighted by Crippen LogP contribution is -2.68. The van der Waals surface area contributed by atoms with Crippen molar-refractivity contribution in [3.05, 3.63) is 23.8 Å². The molecule has 170 valence electrons. The van der Waals surface area contributed by atoms with Gasteiger partial charge in [-0.3, -0.25) is 14.4 Å². The number of ketones is 2. The average molecular weight is 453 g/mol. The number of carbonyl (C=O) groups excluding carboxylic acids is 3. The number of fused-ring (bicyclic) bond motifs is 5. The van der Waals surface area contributed by atoms with Crippen LogP contribution < -0.4 is 0 Å². The molecule has 0 aromatic rings. The summed E-state index contributed by atoms with van der Waals surface area (Å²) in [7, 11) is 0. The Kier molecular flexibility index (Phi) is 5.29. The van der Waals surface area contributed by atoms with Gasteiger partial charge in [0.2, 0.25) is 0 Å². The number of carbonyl (C=O) groups is 3. The van der Waals surface area contributed by atoms with Gasteiger partial charge >= 0.3 is 5.97 Å². The van der Waals surface area contributed by atoms with E-state index in [1.807, 2.05) is 13.8 Å². The molecule has 4 rings (SSSR count). The Morgan fingerprint density at radius 1 is 1.29 bits per heavy atom. The van der Waals surface area contributed by atoms with Gasteiger partial charge in [0.25, 0.3) is 0 Å². The SMILES string of the molecule is CC(=O)OCC(=O)[C@H]1[C@H](C)C[C@H]2[C@@H]3C[C@H](Cl)C4=CC(=O)C=C[C@]4(C)C3(F)[C@@H](O)C[C@@]21C. The summed E-state index contributed by atoms with van der Waals surface area (Å²) >= 11 is 6.70. The van der Waals surface area contributed by atoms with Crippen molar-refractivity contribution in [2.45, 2.75) is 64.1 Å². The van der Waals surface area contributed by atoms with E-state index in [0.717, 1.165) is 0 Å². The molecule has 1 N–H and O–H groups in total. The summed E-state index contributed by atoms with van der Waals surface area (Å²) in [6.45, 7) is 6.60. The van der Waals surface area contributed by atoms with E-state index in [1.54, 1.807) is 13.0 Å². The van der Waals surface area contributed by atoms with Gasteiger partial charge in [0, 0.05) is 24.2 Å². The summed E-state index contributed by atoms with van der Waals surface area (Å²) in [5, 5.41) is 10.8. The molecule has 0 saturated heterocycles. The lowest BCUT2D eigenvalue weighted by atomic mass is 9.45. The highest BCUT2D eigenvalue weighted by Crippen LogP contribution is 2.70. The molecular weight excluding hydrogens is 423 g/mol. The molecule has 5 nitrogen and oxygen atoms in total. The van der Waals surface area contributed by atoms with Crippen LogP contribution in [-0.2, 0) is 19.1 Å². The van der Waals surface area contributed by atoms with Crippen molar-refractivity contribution in [3.8, 4) is 0 Å². The van der Waals surface area contributed by atoms with Crippen molar-refractivity contribution < 1.29 is 28.6 Å². The summed E-state index contributed by atoms with van der Waals surface area (Å²) in [4.78, 5) is 36.2. The van der Waals surface area contributed by atoms with E-state index in [4.69, 9.17) is 16.3 Å².